The average molecular weight is 338 g/mol. The maximum atomic E-state index is 12.6. The smallest absolute Gasteiger partial charge is 0.465 e. The molecule has 1 aromatic carbocycles. The van der Waals surface area contributed by atoms with E-state index in [1.54, 1.807) is 30.3 Å². The van der Waals surface area contributed by atoms with E-state index in [2.05, 4.69) is 4.74 Å². The van der Waals surface area contributed by atoms with Crippen LogP contribution in [-0.4, -0.2) is 31.8 Å². The molecule has 0 aliphatic carbocycles. The fraction of sp³-hybridized carbons (Fsp3) is 0.500. The third kappa shape index (κ3) is 4.72. The van der Waals surface area contributed by atoms with Crippen LogP contribution in [0.5, 0.6) is 0 Å². The van der Waals surface area contributed by atoms with E-state index in [4.69, 9.17) is 0 Å². The molecule has 0 radical (unpaired) electrons. The van der Waals surface area contributed by atoms with Gasteiger partial charge in [-0.05, 0) is 31.7 Å². The number of aryl methyl sites for hydroxylation is 1. The third-order valence-electron chi connectivity index (χ3n) is 3.02. The lowest BCUT2D eigenvalue weighted by Gasteiger charge is -2.17. The summed E-state index contributed by atoms with van der Waals surface area (Å²) >= 11 is 0. The zero-order chi connectivity index (χ0) is 16.8. The van der Waals surface area contributed by atoms with E-state index in [-0.39, 0.29) is 13.0 Å². The van der Waals surface area contributed by atoms with Crippen molar-refractivity contribution in [3.05, 3.63) is 35.9 Å². The molecule has 0 saturated heterocycles. The van der Waals surface area contributed by atoms with Crippen LogP contribution in [0.15, 0.2) is 30.3 Å². The Morgan fingerprint density at radius 1 is 1.23 bits per heavy atom. The van der Waals surface area contributed by atoms with Crippen molar-refractivity contribution >= 4 is 15.8 Å². The molecular formula is C14H17F3O4S. The molecule has 1 rings (SSSR count). The molecule has 1 aromatic rings. The lowest BCUT2D eigenvalue weighted by molar-refractivity contribution is -0.143. The van der Waals surface area contributed by atoms with Crippen molar-refractivity contribution in [2.45, 2.75) is 36.9 Å². The van der Waals surface area contributed by atoms with Gasteiger partial charge in [0, 0.05) is 0 Å². The first kappa shape index (κ1) is 18.5. The molecule has 124 valence electrons. The van der Waals surface area contributed by atoms with E-state index >= 15 is 0 Å². The zero-order valence-electron chi connectivity index (χ0n) is 12.0. The average Bonchev–Trinajstić information content (AvgIpc) is 2.43. The topological polar surface area (TPSA) is 60.4 Å². The molecule has 0 aromatic heterocycles. The van der Waals surface area contributed by atoms with Gasteiger partial charge in [-0.15, -0.1) is 0 Å². The molecule has 0 amide bonds. The van der Waals surface area contributed by atoms with Gasteiger partial charge in [0.05, 0.1) is 6.61 Å². The van der Waals surface area contributed by atoms with Crippen LogP contribution in [0.4, 0.5) is 13.2 Å². The Morgan fingerprint density at radius 3 is 2.32 bits per heavy atom. The maximum Gasteiger partial charge on any atom is 0.498 e. The molecule has 0 heterocycles. The largest absolute Gasteiger partial charge is 0.498 e. The molecule has 0 saturated carbocycles. The number of sulfone groups is 1. The summed E-state index contributed by atoms with van der Waals surface area (Å²) in [5.74, 6) is -1.35. The van der Waals surface area contributed by atoms with Crippen LogP contribution in [0.25, 0.3) is 0 Å². The van der Waals surface area contributed by atoms with E-state index in [0.29, 0.717) is 6.42 Å². The van der Waals surface area contributed by atoms with Crippen LogP contribution in [0.2, 0.25) is 0 Å². The molecule has 4 nitrogen and oxygen atoms in total. The van der Waals surface area contributed by atoms with Crippen molar-refractivity contribution in [1.29, 1.82) is 0 Å². The highest BCUT2D eigenvalue weighted by Gasteiger charge is 2.53. The number of halogens is 3. The summed E-state index contributed by atoms with van der Waals surface area (Å²) < 4.78 is 65.4. The number of alkyl halides is 3. The van der Waals surface area contributed by atoms with Crippen LogP contribution in [0.3, 0.4) is 0 Å². The van der Waals surface area contributed by atoms with Gasteiger partial charge in [0.2, 0.25) is 0 Å². The molecule has 1 unspecified atom stereocenters. The minimum Gasteiger partial charge on any atom is -0.465 e. The van der Waals surface area contributed by atoms with E-state index in [1.807, 2.05) is 0 Å². The van der Waals surface area contributed by atoms with Gasteiger partial charge in [-0.1, -0.05) is 30.3 Å². The first-order valence-electron chi connectivity index (χ1n) is 6.71. The Balaban J connectivity index is 2.82. The lowest BCUT2D eigenvalue weighted by Crippen LogP contribution is -2.40. The SMILES string of the molecule is CCOC(=O)C(CCCc1ccccc1)S(=O)(=O)C(F)(F)F. The second kappa shape index (κ2) is 7.62. The van der Waals surface area contributed by atoms with Crippen molar-refractivity contribution < 1.29 is 31.1 Å². The Morgan fingerprint density at radius 2 is 1.82 bits per heavy atom. The Kier molecular flexibility index (Phi) is 6.40. The van der Waals surface area contributed by atoms with E-state index in [1.165, 1.54) is 6.92 Å². The summed E-state index contributed by atoms with van der Waals surface area (Å²) in [6.07, 6.45) is 0.0719. The highest BCUT2D eigenvalue weighted by Crippen LogP contribution is 2.30. The van der Waals surface area contributed by atoms with Gasteiger partial charge < -0.3 is 4.74 Å². The Labute approximate surface area is 127 Å². The predicted octanol–water partition coefficient (Wildman–Crippen LogP) is 2.88. The van der Waals surface area contributed by atoms with Gasteiger partial charge in [0.25, 0.3) is 9.84 Å². The number of carbonyl (C=O) groups excluding carboxylic acids is 1. The van der Waals surface area contributed by atoms with Crippen LogP contribution in [0.1, 0.15) is 25.3 Å². The van der Waals surface area contributed by atoms with Crippen molar-refractivity contribution in [2.24, 2.45) is 0 Å². The third-order valence-corrected chi connectivity index (χ3v) is 4.84. The van der Waals surface area contributed by atoms with Gasteiger partial charge >= 0.3 is 11.5 Å². The summed E-state index contributed by atoms with van der Waals surface area (Å²) in [6.45, 7) is 1.22. The number of benzene rings is 1. The molecule has 8 heteroatoms. The molecule has 22 heavy (non-hydrogen) atoms. The van der Waals surface area contributed by atoms with Crippen molar-refractivity contribution in [2.75, 3.05) is 6.61 Å². The fourth-order valence-corrected chi connectivity index (χ4v) is 3.05. The second-order valence-corrected chi connectivity index (χ2v) is 6.73. The molecule has 0 bridgehead atoms. The summed E-state index contributed by atoms with van der Waals surface area (Å²) in [5.41, 5.74) is -4.62. The Bertz CT molecular complexity index is 582. The van der Waals surface area contributed by atoms with Gasteiger partial charge in [-0.2, -0.15) is 13.2 Å². The molecule has 0 N–H and O–H groups in total. The van der Waals surface area contributed by atoms with E-state index in [0.717, 1.165) is 5.56 Å². The van der Waals surface area contributed by atoms with Crippen LogP contribution >= 0.6 is 0 Å². The highest BCUT2D eigenvalue weighted by molar-refractivity contribution is 7.93. The minimum absolute atomic E-state index is 0.128. The van der Waals surface area contributed by atoms with Crippen LogP contribution in [-0.2, 0) is 25.8 Å². The maximum absolute atomic E-state index is 12.6. The predicted molar refractivity (Wildman–Crippen MR) is 74.8 cm³/mol. The number of carbonyl (C=O) groups is 1. The molecule has 1 atom stereocenters. The zero-order valence-corrected chi connectivity index (χ0v) is 12.8. The van der Waals surface area contributed by atoms with Gasteiger partial charge in [0.1, 0.15) is 0 Å². The monoisotopic (exact) mass is 338 g/mol. The van der Waals surface area contributed by atoms with Crippen molar-refractivity contribution in [3.63, 3.8) is 0 Å². The first-order valence-corrected chi connectivity index (χ1v) is 8.25. The second-order valence-electron chi connectivity index (χ2n) is 4.61. The van der Waals surface area contributed by atoms with E-state index < -0.39 is 33.0 Å². The van der Waals surface area contributed by atoms with Crippen molar-refractivity contribution in [3.8, 4) is 0 Å². The van der Waals surface area contributed by atoms with Crippen LogP contribution < -0.4 is 0 Å². The number of hydrogen-bond acceptors (Lipinski definition) is 4. The minimum atomic E-state index is -5.59. The number of rotatable bonds is 7. The highest BCUT2D eigenvalue weighted by atomic mass is 32.2. The van der Waals surface area contributed by atoms with Gasteiger partial charge in [-0.3, -0.25) is 4.79 Å². The fourth-order valence-electron chi connectivity index (χ4n) is 1.93. The van der Waals surface area contributed by atoms with Gasteiger partial charge in [-0.25, -0.2) is 8.42 Å². The van der Waals surface area contributed by atoms with Crippen molar-refractivity contribution in [1.82, 2.24) is 0 Å². The summed E-state index contributed by atoms with van der Waals surface area (Å²) in [5, 5.41) is -2.21. The quantitative estimate of drug-likeness (QED) is 0.717. The number of hydrogen-bond donors (Lipinski definition) is 0. The molecular weight excluding hydrogens is 321 g/mol. The first-order chi connectivity index (χ1) is 10.2. The standard InChI is InChI=1S/C14H17F3O4S/c1-2-21-13(18)12(22(19,20)14(15,16)17)10-6-9-11-7-4-3-5-8-11/h3-5,7-8,12H,2,6,9-10H2,1H3. The molecule has 0 fully saturated rings. The summed E-state index contributed by atoms with van der Waals surface area (Å²) in [7, 11) is -5.59. The van der Waals surface area contributed by atoms with Gasteiger partial charge in [0.15, 0.2) is 5.25 Å². The summed E-state index contributed by atoms with van der Waals surface area (Å²) in [6, 6.07) is 8.88. The summed E-state index contributed by atoms with van der Waals surface area (Å²) in [4.78, 5) is 11.6. The van der Waals surface area contributed by atoms with E-state index in [9.17, 15) is 26.4 Å². The normalized spacial score (nSPS) is 13.6. The molecule has 0 spiro atoms. The Hall–Kier alpha value is -1.57. The number of ether oxygens (including phenoxy) is 1. The number of esters is 1. The molecule has 0 aliphatic rings. The molecule has 0 aliphatic heterocycles. The van der Waals surface area contributed by atoms with Crippen LogP contribution in [0, 0.1) is 0 Å². The lowest BCUT2D eigenvalue weighted by atomic mass is 10.1.